The van der Waals surface area contributed by atoms with Crippen LogP contribution in [0.2, 0.25) is 0 Å². The van der Waals surface area contributed by atoms with Crippen LogP contribution in [-0.2, 0) is 20.1 Å². The summed E-state index contributed by atoms with van der Waals surface area (Å²) in [5, 5.41) is 12.2. The average molecular weight is 351 g/mol. The molecule has 0 aromatic heterocycles. The van der Waals surface area contributed by atoms with Crippen molar-refractivity contribution < 1.29 is 19.4 Å². The standard InChI is InChI=1S/C18H25NO4S/c1-13-3-2-4-14(9-13)11-24-12-17(20)19-10-16(18(21)22)15-5-7-23-8-6-15/h2-4,9,15-16H,5-8,10-12H2,1H3,(H,19,20)(H,21,22). The first-order valence-corrected chi connectivity index (χ1v) is 9.42. The Morgan fingerprint density at radius 1 is 1.38 bits per heavy atom. The second kappa shape index (κ2) is 9.69. The predicted octanol–water partition coefficient (Wildman–Crippen LogP) is 2.47. The van der Waals surface area contributed by atoms with Crippen molar-refractivity contribution in [2.24, 2.45) is 11.8 Å². The van der Waals surface area contributed by atoms with Crippen molar-refractivity contribution in [1.29, 1.82) is 0 Å². The van der Waals surface area contributed by atoms with Gasteiger partial charge in [0.25, 0.3) is 0 Å². The van der Waals surface area contributed by atoms with E-state index in [1.54, 1.807) is 0 Å². The molecule has 1 saturated heterocycles. The average Bonchev–Trinajstić information content (AvgIpc) is 2.56. The van der Waals surface area contributed by atoms with Gasteiger partial charge in [0.15, 0.2) is 0 Å². The van der Waals surface area contributed by atoms with E-state index in [0.717, 1.165) is 18.6 Å². The summed E-state index contributed by atoms with van der Waals surface area (Å²) >= 11 is 1.54. The number of nitrogens with one attached hydrogen (secondary N) is 1. The van der Waals surface area contributed by atoms with Crippen molar-refractivity contribution in [1.82, 2.24) is 5.32 Å². The van der Waals surface area contributed by atoms with Crippen molar-refractivity contribution in [2.75, 3.05) is 25.5 Å². The van der Waals surface area contributed by atoms with E-state index in [-0.39, 0.29) is 18.4 Å². The van der Waals surface area contributed by atoms with Gasteiger partial charge in [-0.05, 0) is 31.2 Å². The highest BCUT2D eigenvalue weighted by molar-refractivity contribution is 7.99. The Labute approximate surface area is 147 Å². The van der Waals surface area contributed by atoms with Gasteiger partial charge in [0.2, 0.25) is 5.91 Å². The van der Waals surface area contributed by atoms with Gasteiger partial charge in [-0.2, -0.15) is 0 Å². The first kappa shape index (κ1) is 18.8. The highest BCUT2D eigenvalue weighted by atomic mass is 32.2. The van der Waals surface area contributed by atoms with Crippen molar-refractivity contribution in [3.8, 4) is 0 Å². The molecule has 5 nitrogen and oxygen atoms in total. The molecule has 1 atom stereocenters. The molecule has 1 aromatic carbocycles. The maximum Gasteiger partial charge on any atom is 0.308 e. The monoisotopic (exact) mass is 351 g/mol. The molecule has 1 amide bonds. The fourth-order valence-corrected chi connectivity index (χ4v) is 3.72. The van der Waals surface area contributed by atoms with E-state index in [9.17, 15) is 14.7 Å². The van der Waals surface area contributed by atoms with Crippen LogP contribution in [-0.4, -0.2) is 42.5 Å². The number of carboxylic acids is 1. The molecule has 0 aliphatic carbocycles. The highest BCUT2D eigenvalue weighted by Gasteiger charge is 2.29. The van der Waals surface area contributed by atoms with Gasteiger partial charge in [-0.1, -0.05) is 29.8 Å². The minimum atomic E-state index is -0.838. The van der Waals surface area contributed by atoms with Gasteiger partial charge in [-0.25, -0.2) is 0 Å². The molecule has 1 aliphatic heterocycles. The molecule has 0 spiro atoms. The summed E-state index contributed by atoms with van der Waals surface area (Å²) in [6.45, 7) is 3.45. The van der Waals surface area contributed by atoms with Gasteiger partial charge in [-0.3, -0.25) is 9.59 Å². The summed E-state index contributed by atoms with van der Waals surface area (Å²) in [5.41, 5.74) is 2.40. The fourth-order valence-electron chi connectivity index (χ4n) is 2.91. The largest absolute Gasteiger partial charge is 0.481 e. The minimum Gasteiger partial charge on any atom is -0.481 e. The van der Waals surface area contributed by atoms with E-state index < -0.39 is 11.9 Å². The maximum absolute atomic E-state index is 12.0. The summed E-state index contributed by atoms with van der Waals surface area (Å²) in [6, 6.07) is 8.21. The number of aliphatic carboxylic acids is 1. The number of hydrogen-bond donors (Lipinski definition) is 2. The van der Waals surface area contributed by atoms with Crippen LogP contribution in [0.15, 0.2) is 24.3 Å². The van der Waals surface area contributed by atoms with Gasteiger partial charge in [-0.15, -0.1) is 11.8 Å². The normalized spacial score (nSPS) is 16.5. The van der Waals surface area contributed by atoms with Crippen LogP contribution in [0.3, 0.4) is 0 Å². The summed E-state index contributed by atoms with van der Waals surface area (Å²) in [6.07, 6.45) is 1.49. The molecular formula is C18H25NO4S. The molecule has 1 heterocycles. The van der Waals surface area contributed by atoms with E-state index in [1.807, 2.05) is 25.1 Å². The number of benzene rings is 1. The zero-order chi connectivity index (χ0) is 17.4. The number of carbonyl (C=O) groups excluding carboxylic acids is 1. The number of aryl methyl sites for hydroxylation is 1. The molecule has 0 saturated carbocycles. The summed E-state index contributed by atoms with van der Waals surface area (Å²) in [4.78, 5) is 23.4. The third kappa shape index (κ3) is 6.17. The third-order valence-corrected chi connectivity index (χ3v) is 5.26. The van der Waals surface area contributed by atoms with Crippen LogP contribution in [0, 0.1) is 18.8 Å². The van der Waals surface area contributed by atoms with Crippen molar-refractivity contribution >= 4 is 23.6 Å². The molecule has 1 fully saturated rings. The number of hydrogen-bond acceptors (Lipinski definition) is 4. The molecule has 24 heavy (non-hydrogen) atoms. The van der Waals surface area contributed by atoms with Crippen LogP contribution in [0.5, 0.6) is 0 Å². The minimum absolute atomic E-state index is 0.0801. The number of thioether (sulfide) groups is 1. The Bertz CT molecular complexity index is 558. The second-order valence-electron chi connectivity index (χ2n) is 6.18. The van der Waals surface area contributed by atoms with Crippen molar-refractivity contribution in [2.45, 2.75) is 25.5 Å². The van der Waals surface area contributed by atoms with Gasteiger partial charge >= 0.3 is 5.97 Å². The van der Waals surface area contributed by atoms with Gasteiger partial charge in [0.05, 0.1) is 11.7 Å². The van der Waals surface area contributed by atoms with E-state index in [1.165, 1.54) is 22.9 Å². The number of ether oxygens (including phenoxy) is 1. The molecule has 2 N–H and O–H groups in total. The summed E-state index contributed by atoms with van der Waals surface area (Å²) < 4.78 is 5.28. The smallest absolute Gasteiger partial charge is 0.308 e. The molecule has 132 valence electrons. The summed E-state index contributed by atoms with van der Waals surface area (Å²) in [7, 11) is 0. The lowest BCUT2D eigenvalue weighted by atomic mass is 9.86. The van der Waals surface area contributed by atoms with Crippen LogP contribution in [0.4, 0.5) is 0 Å². The van der Waals surface area contributed by atoms with Gasteiger partial charge in [0, 0.05) is 25.5 Å². The Hall–Kier alpha value is -1.53. The molecule has 0 radical (unpaired) electrons. The Morgan fingerprint density at radius 2 is 2.12 bits per heavy atom. The second-order valence-corrected chi connectivity index (χ2v) is 7.17. The lowest BCUT2D eigenvalue weighted by Gasteiger charge is -2.27. The van der Waals surface area contributed by atoms with Gasteiger partial charge < -0.3 is 15.2 Å². The first-order valence-electron chi connectivity index (χ1n) is 8.27. The van der Waals surface area contributed by atoms with E-state index in [0.29, 0.717) is 19.0 Å². The van der Waals surface area contributed by atoms with Crippen LogP contribution < -0.4 is 5.32 Å². The van der Waals surface area contributed by atoms with Crippen LogP contribution in [0.1, 0.15) is 24.0 Å². The Morgan fingerprint density at radius 3 is 2.79 bits per heavy atom. The Balaban J connectivity index is 1.71. The van der Waals surface area contributed by atoms with Gasteiger partial charge in [0.1, 0.15) is 0 Å². The van der Waals surface area contributed by atoms with E-state index in [4.69, 9.17) is 4.74 Å². The summed E-state index contributed by atoms with van der Waals surface area (Å²) in [5.74, 6) is -0.275. The van der Waals surface area contributed by atoms with Crippen molar-refractivity contribution in [3.63, 3.8) is 0 Å². The Kier molecular flexibility index (Phi) is 7.59. The number of carboxylic acid groups (broad SMARTS) is 1. The zero-order valence-corrected chi connectivity index (χ0v) is 14.8. The number of amides is 1. The van der Waals surface area contributed by atoms with E-state index in [2.05, 4.69) is 11.4 Å². The molecular weight excluding hydrogens is 326 g/mol. The molecule has 6 heteroatoms. The molecule has 1 aliphatic rings. The zero-order valence-electron chi connectivity index (χ0n) is 14.0. The molecule has 1 aromatic rings. The predicted molar refractivity (Wildman–Crippen MR) is 95.0 cm³/mol. The number of rotatable bonds is 8. The topological polar surface area (TPSA) is 75.6 Å². The lowest BCUT2D eigenvalue weighted by Crippen LogP contribution is -2.39. The van der Waals surface area contributed by atoms with Crippen LogP contribution in [0.25, 0.3) is 0 Å². The highest BCUT2D eigenvalue weighted by Crippen LogP contribution is 2.23. The van der Waals surface area contributed by atoms with Crippen molar-refractivity contribution in [3.05, 3.63) is 35.4 Å². The molecule has 1 unspecified atom stereocenters. The molecule has 2 rings (SSSR count). The third-order valence-electron chi connectivity index (χ3n) is 4.26. The first-order chi connectivity index (χ1) is 11.6. The quantitative estimate of drug-likeness (QED) is 0.752. The number of carbonyl (C=O) groups is 2. The molecule has 0 bridgehead atoms. The maximum atomic E-state index is 12.0. The fraction of sp³-hybridized carbons (Fsp3) is 0.556. The SMILES string of the molecule is Cc1cccc(CSCC(=O)NCC(C(=O)O)C2CCOCC2)c1. The van der Waals surface area contributed by atoms with E-state index >= 15 is 0 Å². The van der Waals surface area contributed by atoms with Crippen LogP contribution >= 0.6 is 11.8 Å². The lowest BCUT2D eigenvalue weighted by molar-refractivity contribution is -0.144.